The van der Waals surface area contributed by atoms with Gasteiger partial charge in [0.1, 0.15) is 0 Å². The van der Waals surface area contributed by atoms with Crippen molar-refractivity contribution in [3.05, 3.63) is 65.2 Å². The number of rotatable bonds is 6. The third-order valence-corrected chi connectivity index (χ3v) is 5.61. The van der Waals surface area contributed by atoms with Crippen LogP contribution in [0.1, 0.15) is 34.8 Å². The maximum atomic E-state index is 12.7. The van der Waals surface area contributed by atoms with Gasteiger partial charge in [-0.25, -0.2) is 0 Å². The smallest absolute Gasteiger partial charge is 0.253 e. The van der Waals surface area contributed by atoms with E-state index in [1.165, 1.54) is 11.1 Å². The first-order valence-corrected chi connectivity index (χ1v) is 10.4. The fourth-order valence-corrected chi connectivity index (χ4v) is 3.59. The number of hydrogen-bond donors (Lipinski definition) is 0. The van der Waals surface area contributed by atoms with Crippen molar-refractivity contribution in [1.29, 1.82) is 0 Å². The lowest BCUT2D eigenvalue weighted by Crippen LogP contribution is -2.50. The molecule has 0 aliphatic carbocycles. The summed E-state index contributed by atoms with van der Waals surface area (Å²) in [5, 5.41) is 0. The number of amides is 2. The standard InChI is InChI=1S/C24H31N3O2/c1-4-19-5-7-20(8-6-19)9-14-23(28)26-15-17-27(18-16-26)24(29)21-10-12-22(13-11-21)25(2)3/h5-8,10-13H,4,9,14-18H2,1-3H3. The van der Waals surface area contributed by atoms with Crippen LogP contribution in [-0.2, 0) is 17.6 Å². The molecule has 2 aromatic carbocycles. The van der Waals surface area contributed by atoms with Crippen molar-refractivity contribution in [2.24, 2.45) is 0 Å². The van der Waals surface area contributed by atoms with Crippen LogP contribution < -0.4 is 4.90 Å². The van der Waals surface area contributed by atoms with E-state index in [1.54, 1.807) is 0 Å². The molecule has 0 bridgehead atoms. The highest BCUT2D eigenvalue weighted by molar-refractivity contribution is 5.94. The van der Waals surface area contributed by atoms with Crippen LogP contribution in [0.5, 0.6) is 0 Å². The fraction of sp³-hybridized carbons (Fsp3) is 0.417. The number of piperazine rings is 1. The second kappa shape index (κ2) is 9.59. The second-order valence-corrected chi connectivity index (χ2v) is 7.78. The van der Waals surface area contributed by atoms with Gasteiger partial charge in [-0.05, 0) is 48.2 Å². The Labute approximate surface area is 173 Å². The van der Waals surface area contributed by atoms with Gasteiger partial charge in [-0.15, -0.1) is 0 Å². The quantitative estimate of drug-likeness (QED) is 0.757. The van der Waals surface area contributed by atoms with Gasteiger partial charge in [0.15, 0.2) is 0 Å². The number of carbonyl (C=O) groups excluding carboxylic acids is 2. The molecular formula is C24H31N3O2. The molecule has 1 saturated heterocycles. The van der Waals surface area contributed by atoms with E-state index in [0.717, 1.165) is 18.5 Å². The molecule has 0 atom stereocenters. The summed E-state index contributed by atoms with van der Waals surface area (Å²) in [5.41, 5.74) is 4.29. The van der Waals surface area contributed by atoms with E-state index in [1.807, 2.05) is 53.1 Å². The Balaban J connectivity index is 1.47. The van der Waals surface area contributed by atoms with E-state index in [-0.39, 0.29) is 11.8 Å². The van der Waals surface area contributed by atoms with Gasteiger partial charge in [0.05, 0.1) is 0 Å². The molecule has 0 radical (unpaired) electrons. The fourth-order valence-electron chi connectivity index (χ4n) is 3.59. The minimum atomic E-state index is 0.0402. The van der Waals surface area contributed by atoms with Crippen molar-refractivity contribution in [2.45, 2.75) is 26.2 Å². The van der Waals surface area contributed by atoms with Crippen molar-refractivity contribution in [2.75, 3.05) is 45.2 Å². The predicted molar refractivity (Wildman–Crippen MR) is 117 cm³/mol. The molecule has 5 heteroatoms. The molecule has 1 fully saturated rings. The summed E-state index contributed by atoms with van der Waals surface area (Å²) >= 11 is 0. The largest absolute Gasteiger partial charge is 0.378 e. The predicted octanol–water partition coefficient (Wildman–Crippen LogP) is 3.23. The molecule has 2 amide bonds. The van der Waals surface area contributed by atoms with Gasteiger partial charge in [-0.1, -0.05) is 31.2 Å². The van der Waals surface area contributed by atoms with Crippen LogP contribution >= 0.6 is 0 Å². The highest BCUT2D eigenvalue weighted by atomic mass is 16.2. The Bertz CT molecular complexity index is 820. The van der Waals surface area contributed by atoms with E-state index in [2.05, 4.69) is 31.2 Å². The molecule has 1 heterocycles. The van der Waals surface area contributed by atoms with Gasteiger partial charge in [0.2, 0.25) is 5.91 Å². The minimum Gasteiger partial charge on any atom is -0.378 e. The second-order valence-electron chi connectivity index (χ2n) is 7.78. The molecule has 154 valence electrons. The van der Waals surface area contributed by atoms with Crippen LogP contribution in [-0.4, -0.2) is 61.9 Å². The number of aryl methyl sites for hydroxylation is 2. The molecule has 0 spiro atoms. The zero-order valence-electron chi connectivity index (χ0n) is 17.7. The van der Waals surface area contributed by atoms with Gasteiger partial charge >= 0.3 is 0 Å². The Hall–Kier alpha value is -2.82. The van der Waals surface area contributed by atoms with Crippen LogP contribution in [0.15, 0.2) is 48.5 Å². The summed E-state index contributed by atoms with van der Waals surface area (Å²) < 4.78 is 0. The average molecular weight is 394 g/mol. The summed E-state index contributed by atoms with van der Waals surface area (Å²) in [6.07, 6.45) is 2.31. The van der Waals surface area contributed by atoms with Crippen LogP contribution in [0.3, 0.4) is 0 Å². The molecule has 0 aromatic heterocycles. The maximum absolute atomic E-state index is 12.7. The van der Waals surface area contributed by atoms with Gasteiger partial charge < -0.3 is 14.7 Å². The molecule has 2 aromatic rings. The van der Waals surface area contributed by atoms with Crippen molar-refractivity contribution >= 4 is 17.5 Å². The van der Waals surface area contributed by atoms with Crippen LogP contribution in [0, 0.1) is 0 Å². The van der Waals surface area contributed by atoms with Crippen molar-refractivity contribution < 1.29 is 9.59 Å². The molecule has 5 nitrogen and oxygen atoms in total. The lowest BCUT2D eigenvalue weighted by atomic mass is 10.1. The zero-order valence-corrected chi connectivity index (χ0v) is 17.7. The lowest BCUT2D eigenvalue weighted by molar-refractivity contribution is -0.132. The third-order valence-electron chi connectivity index (χ3n) is 5.61. The molecular weight excluding hydrogens is 362 g/mol. The Morgan fingerprint density at radius 1 is 0.828 bits per heavy atom. The van der Waals surface area contributed by atoms with Gasteiger partial charge in [0.25, 0.3) is 5.91 Å². The minimum absolute atomic E-state index is 0.0402. The molecule has 29 heavy (non-hydrogen) atoms. The molecule has 0 unspecified atom stereocenters. The molecule has 1 aliphatic rings. The number of benzene rings is 2. The summed E-state index contributed by atoms with van der Waals surface area (Å²) in [5.74, 6) is 0.213. The molecule has 1 aliphatic heterocycles. The molecule has 3 rings (SSSR count). The highest BCUT2D eigenvalue weighted by Crippen LogP contribution is 2.15. The van der Waals surface area contributed by atoms with E-state index < -0.39 is 0 Å². The monoisotopic (exact) mass is 393 g/mol. The van der Waals surface area contributed by atoms with Gasteiger partial charge in [0, 0.05) is 57.9 Å². The van der Waals surface area contributed by atoms with Gasteiger partial charge in [-0.2, -0.15) is 0 Å². The lowest BCUT2D eigenvalue weighted by Gasteiger charge is -2.35. The molecule has 0 saturated carbocycles. The zero-order chi connectivity index (χ0) is 20.8. The first-order chi connectivity index (χ1) is 14.0. The number of hydrogen-bond acceptors (Lipinski definition) is 3. The van der Waals surface area contributed by atoms with E-state index in [4.69, 9.17) is 0 Å². The van der Waals surface area contributed by atoms with Crippen molar-refractivity contribution in [3.8, 4) is 0 Å². The van der Waals surface area contributed by atoms with Crippen LogP contribution in [0.2, 0.25) is 0 Å². The van der Waals surface area contributed by atoms with E-state index >= 15 is 0 Å². The summed E-state index contributed by atoms with van der Waals surface area (Å²) in [6, 6.07) is 16.2. The first-order valence-electron chi connectivity index (χ1n) is 10.4. The van der Waals surface area contributed by atoms with E-state index in [0.29, 0.717) is 38.2 Å². The molecule has 0 N–H and O–H groups in total. The summed E-state index contributed by atoms with van der Waals surface area (Å²) in [6.45, 7) is 4.53. The SMILES string of the molecule is CCc1ccc(CCC(=O)N2CCN(C(=O)c3ccc(N(C)C)cc3)CC2)cc1. The Morgan fingerprint density at radius 2 is 1.38 bits per heavy atom. The topological polar surface area (TPSA) is 43.9 Å². The summed E-state index contributed by atoms with van der Waals surface area (Å²) in [4.78, 5) is 31.0. The summed E-state index contributed by atoms with van der Waals surface area (Å²) in [7, 11) is 3.96. The maximum Gasteiger partial charge on any atom is 0.253 e. The normalized spacial score (nSPS) is 14.0. The van der Waals surface area contributed by atoms with Crippen molar-refractivity contribution in [1.82, 2.24) is 9.80 Å². The Morgan fingerprint density at radius 3 is 1.93 bits per heavy atom. The Kier molecular flexibility index (Phi) is 6.91. The van der Waals surface area contributed by atoms with E-state index in [9.17, 15) is 9.59 Å². The van der Waals surface area contributed by atoms with Crippen LogP contribution in [0.4, 0.5) is 5.69 Å². The number of nitrogens with zero attached hydrogens (tertiary/aromatic N) is 3. The number of anilines is 1. The number of carbonyl (C=O) groups is 2. The highest BCUT2D eigenvalue weighted by Gasteiger charge is 2.24. The van der Waals surface area contributed by atoms with Crippen molar-refractivity contribution in [3.63, 3.8) is 0 Å². The average Bonchev–Trinajstić information content (AvgIpc) is 2.77. The van der Waals surface area contributed by atoms with Gasteiger partial charge in [-0.3, -0.25) is 9.59 Å². The van der Waals surface area contributed by atoms with Crippen LogP contribution in [0.25, 0.3) is 0 Å². The first kappa shape index (κ1) is 20.9. The third kappa shape index (κ3) is 5.37.